The summed E-state index contributed by atoms with van der Waals surface area (Å²) in [6, 6.07) is 10.3. The molecule has 2 nitrogen and oxygen atoms in total. The number of benzene rings is 1. The van der Waals surface area contributed by atoms with Gasteiger partial charge in [0.2, 0.25) is 0 Å². The summed E-state index contributed by atoms with van der Waals surface area (Å²) in [5.74, 6) is -0.457. The Bertz CT molecular complexity index is 319. The molecular formula is C13H18O2. The smallest absolute Gasteiger partial charge is 0.164 e. The largest absolute Gasteiger partial charge is 0.344 e. The maximum absolute atomic E-state index is 5.92. The van der Waals surface area contributed by atoms with E-state index in [0.29, 0.717) is 0 Å². The third-order valence-electron chi connectivity index (χ3n) is 2.71. The van der Waals surface area contributed by atoms with Crippen molar-refractivity contribution >= 4 is 0 Å². The predicted octanol–water partition coefficient (Wildman–Crippen LogP) is 3.29. The summed E-state index contributed by atoms with van der Waals surface area (Å²) in [6.45, 7) is 6.07. The van der Waals surface area contributed by atoms with Crippen LogP contribution in [0.3, 0.4) is 0 Å². The summed E-state index contributed by atoms with van der Waals surface area (Å²) in [5, 5.41) is 0. The van der Waals surface area contributed by atoms with Crippen molar-refractivity contribution < 1.29 is 9.47 Å². The SMILES string of the molecule is CC[C@@H]1OC(C)(C)O[C@H]1c1ccccc1. The minimum atomic E-state index is -0.457. The molecule has 2 heteroatoms. The minimum Gasteiger partial charge on any atom is -0.344 e. The van der Waals surface area contributed by atoms with E-state index in [0.717, 1.165) is 6.42 Å². The third-order valence-corrected chi connectivity index (χ3v) is 2.71. The van der Waals surface area contributed by atoms with Gasteiger partial charge in [-0.3, -0.25) is 0 Å². The van der Waals surface area contributed by atoms with E-state index in [1.54, 1.807) is 0 Å². The first-order chi connectivity index (χ1) is 7.12. The topological polar surface area (TPSA) is 18.5 Å². The van der Waals surface area contributed by atoms with Crippen LogP contribution in [-0.2, 0) is 9.47 Å². The molecule has 1 aromatic rings. The van der Waals surface area contributed by atoms with E-state index in [2.05, 4.69) is 19.1 Å². The summed E-state index contributed by atoms with van der Waals surface area (Å²) in [5.41, 5.74) is 1.20. The lowest BCUT2D eigenvalue weighted by Crippen LogP contribution is -2.21. The number of hydrogen-bond acceptors (Lipinski definition) is 2. The Hall–Kier alpha value is -0.860. The molecule has 0 saturated carbocycles. The van der Waals surface area contributed by atoms with Crippen LogP contribution in [-0.4, -0.2) is 11.9 Å². The van der Waals surface area contributed by atoms with E-state index >= 15 is 0 Å². The lowest BCUT2D eigenvalue weighted by molar-refractivity contribution is -0.147. The van der Waals surface area contributed by atoms with Crippen LogP contribution in [0.5, 0.6) is 0 Å². The molecule has 2 rings (SSSR count). The van der Waals surface area contributed by atoms with Gasteiger partial charge in [0.05, 0.1) is 6.10 Å². The fourth-order valence-corrected chi connectivity index (χ4v) is 2.06. The van der Waals surface area contributed by atoms with Crippen molar-refractivity contribution in [3.63, 3.8) is 0 Å². The second kappa shape index (κ2) is 3.95. The normalized spacial score (nSPS) is 29.3. The van der Waals surface area contributed by atoms with Gasteiger partial charge in [0.25, 0.3) is 0 Å². The molecule has 82 valence electrons. The van der Waals surface area contributed by atoms with Gasteiger partial charge >= 0.3 is 0 Å². The van der Waals surface area contributed by atoms with E-state index in [4.69, 9.17) is 9.47 Å². The molecule has 1 aliphatic heterocycles. The molecular weight excluding hydrogens is 188 g/mol. The van der Waals surface area contributed by atoms with E-state index in [-0.39, 0.29) is 12.2 Å². The highest BCUT2D eigenvalue weighted by molar-refractivity contribution is 5.19. The van der Waals surface area contributed by atoms with Crippen LogP contribution in [0.15, 0.2) is 30.3 Å². The van der Waals surface area contributed by atoms with Crippen LogP contribution < -0.4 is 0 Å². The number of hydrogen-bond donors (Lipinski definition) is 0. The quantitative estimate of drug-likeness (QED) is 0.739. The van der Waals surface area contributed by atoms with Crippen LogP contribution in [0, 0.1) is 0 Å². The Morgan fingerprint density at radius 1 is 1.13 bits per heavy atom. The molecule has 15 heavy (non-hydrogen) atoms. The highest BCUT2D eigenvalue weighted by atomic mass is 16.7. The Labute approximate surface area is 91.2 Å². The van der Waals surface area contributed by atoms with Crippen molar-refractivity contribution in [2.75, 3.05) is 0 Å². The molecule has 0 spiro atoms. The summed E-state index contributed by atoms with van der Waals surface area (Å²) >= 11 is 0. The van der Waals surface area contributed by atoms with Gasteiger partial charge in [-0.1, -0.05) is 37.3 Å². The minimum absolute atomic E-state index is 0.0752. The second-order valence-electron chi connectivity index (χ2n) is 4.41. The maximum atomic E-state index is 5.92. The van der Waals surface area contributed by atoms with E-state index in [1.165, 1.54) is 5.56 Å². The van der Waals surface area contributed by atoms with E-state index < -0.39 is 5.79 Å². The second-order valence-corrected chi connectivity index (χ2v) is 4.41. The Morgan fingerprint density at radius 2 is 1.80 bits per heavy atom. The molecule has 1 heterocycles. The summed E-state index contributed by atoms with van der Waals surface area (Å²) in [4.78, 5) is 0. The standard InChI is InChI=1S/C13H18O2/c1-4-11-12(15-13(2,3)14-11)10-8-6-5-7-9-10/h5-9,11-12H,4H2,1-3H3/t11-,12-/m0/s1. The Balaban J connectivity index is 2.22. The van der Waals surface area contributed by atoms with Crippen molar-refractivity contribution in [1.29, 1.82) is 0 Å². The number of ether oxygens (including phenoxy) is 2. The van der Waals surface area contributed by atoms with Gasteiger partial charge < -0.3 is 9.47 Å². The first-order valence-electron chi connectivity index (χ1n) is 5.53. The van der Waals surface area contributed by atoms with E-state index in [1.807, 2.05) is 32.0 Å². The molecule has 0 aliphatic carbocycles. The summed E-state index contributed by atoms with van der Waals surface area (Å²) in [6.07, 6.45) is 1.22. The Kier molecular flexibility index (Phi) is 2.81. The van der Waals surface area contributed by atoms with Crippen LogP contribution >= 0.6 is 0 Å². The first-order valence-corrected chi connectivity index (χ1v) is 5.53. The molecule has 1 aliphatic rings. The zero-order chi connectivity index (χ0) is 10.9. The zero-order valence-electron chi connectivity index (χ0n) is 9.57. The molecule has 1 aromatic carbocycles. The molecule has 0 radical (unpaired) electrons. The van der Waals surface area contributed by atoms with Crippen molar-refractivity contribution in [3.05, 3.63) is 35.9 Å². The molecule has 0 unspecified atom stereocenters. The zero-order valence-corrected chi connectivity index (χ0v) is 9.57. The first kappa shape index (κ1) is 10.7. The van der Waals surface area contributed by atoms with Gasteiger partial charge in [-0.05, 0) is 25.8 Å². The average Bonchev–Trinajstić information content (AvgIpc) is 2.55. The van der Waals surface area contributed by atoms with Gasteiger partial charge in [-0.15, -0.1) is 0 Å². The molecule has 1 fully saturated rings. The molecule has 1 saturated heterocycles. The van der Waals surface area contributed by atoms with Crippen LogP contribution in [0.1, 0.15) is 38.9 Å². The fraction of sp³-hybridized carbons (Fsp3) is 0.538. The number of rotatable bonds is 2. The van der Waals surface area contributed by atoms with Gasteiger partial charge in [0.15, 0.2) is 5.79 Å². The van der Waals surface area contributed by atoms with Crippen LogP contribution in [0.25, 0.3) is 0 Å². The highest BCUT2D eigenvalue weighted by Gasteiger charge is 2.40. The van der Waals surface area contributed by atoms with Crippen molar-refractivity contribution in [1.82, 2.24) is 0 Å². The van der Waals surface area contributed by atoms with Gasteiger partial charge in [-0.2, -0.15) is 0 Å². The van der Waals surface area contributed by atoms with Gasteiger partial charge in [0.1, 0.15) is 6.10 Å². The maximum Gasteiger partial charge on any atom is 0.164 e. The summed E-state index contributed by atoms with van der Waals surface area (Å²) in [7, 11) is 0. The fourth-order valence-electron chi connectivity index (χ4n) is 2.06. The van der Waals surface area contributed by atoms with Gasteiger partial charge in [-0.25, -0.2) is 0 Å². The van der Waals surface area contributed by atoms with Crippen molar-refractivity contribution in [2.45, 2.75) is 45.2 Å². The van der Waals surface area contributed by atoms with Crippen LogP contribution in [0.2, 0.25) is 0 Å². The molecule has 0 bridgehead atoms. The van der Waals surface area contributed by atoms with Crippen LogP contribution in [0.4, 0.5) is 0 Å². The lowest BCUT2D eigenvalue weighted by Gasteiger charge is -2.16. The van der Waals surface area contributed by atoms with Crippen molar-refractivity contribution in [3.8, 4) is 0 Å². The molecule has 0 aromatic heterocycles. The lowest BCUT2D eigenvalue weighted by atomic mass is 10.0. The molecule has 0 amide bonds. The Morgan fingerprint density at radius 3 is 2.40 bits per heavy atom. The molecule has 0 N–H and O–H groups in total. The summed E-state index contributed by atoms with van der Waals surface area (Å²) < 4.78 is 11.8. The van der Waals surface area contributed by atoms with Gasteiger partial charge in [0, 0.05) is 0 Å². The predicted molar refractivity (Wildman–Crippen MR) is 59.5 cm³/mol. The monoisotopic (exact) mass is 206 g/mol. The molecule has 2 atom stereocenters. The highest BCUT2D eigenvalue weighted by Crippen LogP contribution is 2.39. The third kappa shape index (κ3) is 2.21. The van der Waals surface area contributed by atoms with E-state index in [9.17, 15) is 0 Å². The van der Waals surface area contributed by atoms with Crippen molar-refractivity contribution in [2.24, 2.45) is 0 Å². The average molecular weight is 206 g/mol.